The molecule has 0 aliphatic carbocycles. The summed E-state index contributed by atoms with van der Waals surface area (Å²) >= 11 is 6.06. The Morgan fingerprint density at radius 2 is 2.15 bits per heavy atom. The summed E-state index contributed by atoms with van der Waals surface area (Å²) in [6.45, 7) is 3.65. The maximum atomic E-state index is 9.17. The van der Waals surface area contributed by atoms with Crippen LogP contribution in [0.25, 0.3) is 0 Å². The summed E-state index contributed by atoms with van der Waals surface area (Å²) in [7, 11) is 2.00. The van der Waals surface area contributed by atoms with E-state index in [1.807, 2.05) is 25.2 Å². The first kappa shape index (κ1) is 15.8. The first-order valence-corrected chi connectivity index (χ1v) is 7.86. The van der Waals surface area contributed by atoms with Crippen molar-refractivity contribution in [1.82, 2.24) is 10.2 Å². The van der Waals surface area contributed by atoms with Crippen molar-refractivity contribution in [1.29, 1.82) is 0 Å². The second kappa shape index (κ2) is 7.99. The van der Waals surface area contributed by atoms with Gasteiger partial charge in [0, 0.05) is 17.7 Å². The largest absolute Gasteiger partial charge is 0.396 e. The molecule has 1 aromatic rings. The second-order valence-electron chi connectivity index (χ2n) is 5.65. The maximum Gasteiger partial charge on any atom is 0.0460 e. The fourth-order valence-electron chi connectivity index (χ4n) is 2.91. The van der Waals surface area contributed by atoms with E-state index in [0.717, 1.165) is 43.9 Å². The minimum Gasteiger partial charge on any atom is -0.396 e. The molecule has 1 aliphatic rings. The highest BCUT2D eigenvalue weighted by Gasteiger charge is 2.19. The normalized spacial score (nSPS) is 19.1. The van der Waals surface area contributed by atoms with E-state index in [1.165, 1.54) is 5.56 Å². The van der Waals surface area contributed by atoms with Crippen LogP contribution in [0.5, 0.6) is 0 Å². The number of aliphatic hydroxyl groups excluding tert-OH is 1. The lowest BCUT2D eigenvalue weighted by Crippen LogP contribution is -2.36. The third-order valence-corrected chi connectivity index (χ3v) is 4.53. The van der Waals surface area contributed by atoms with Crippen LogP contribution in [0.2, 0.25) is 5.02 Å². The minimum absolute atomic E-state index is 0.343. The molecule has 0 saturated carbocycles. The summed E-state index contributed by atoms with van der Waals surface area (Å²) in [4.78, 5) is 2.50. The zero-order chi connectivity index (χ0) is 14.4. The van der Waals surface area contributed by atoms with Gasteiger partial charge in [-0.3, -0.25) is 0 Å². The van der Waals surface area contributed by atoms with Gasteiger partial charge in [-0.05, 0) is 69.6 Å². The van der Waals surface area contributed by atoms with Gasteiger partial charge in [0.1, 0.15) is 0 Å². The first-order valence-electron chi connectivity index (χ1n) is 7.49. The number of aliphatic hydroxyl groups is 1. The van der Waals surface area contributed by atoms with Gasteiger partial charge in [-0.15, -0.1) is 0 Å². The van der Waals surface area contributed by atoms with Crippen LogP contribution >= 0.6 is 11.6 Å². The van der Waals surface area contributed by atoms with Crippen molar-refractivity contribution in [3.05, 3.63) is 34.9 Å². The quantitative estimate of drug-likeness (QED) is 0.847. The number of rotatable bonds is 6. The van der Waals surface area contributed by atoms with Crippen molar-refractivity contribution in [2.24, 2.45) is 5.92 Å². The second-order valence-corrected chi connectivity index (χ2v) is 6.09. The van der Waals surface area contributed by atoms with E-state index in [9.17, 15) is 0 Å². The van der Waals surface area contributed by atoms with Crippen LogP contribution in [0, 0.1) is 5.92 Å². The highest BCUT2D eigenvalue weighted by Crippen LogP contribution is 2.22. The molecule has 2 rings (SSSR count). The van der Waals surface area contributed by atoms with Gasteiger partial charge >= 0.3 is 0 Å². The molecule has 1 saturated heterocycles. The van der Waals surface area contributed by atoms with Crippen LogP contribution < -0.4 is 5.32 Å². The number of benzene rings is 1. The molecule has 20 heavy (non-hydrogen) atoms. The van der Waals surface area contributed by atoms with Crippen LogP contribution in [-0.2, 0) is 0 Å². The average molecular weight is 297 g/mol. The number of piperidine rings is 1. The van der Waals surface area contributed by atoms with Crippen LogP contribution in [0.15, 0.2) is 24.3 Å². The van der Waals surface area contributed by atoms with Crippen LogP contribution in [0.4, 0.5) is 0 Å². The van der Waals surface area contributed by atoms with Gasteiger partial charge in [0.15, 0.2) is 0 Å². The Kier molecular flexibility index (Phi) is 6.30. The molecule has 1 heterocycles. The molecule has 4 heteroatoms. The third-order valence-electron chi connectivity index (χ3n) is 4.30. The van der Waals surface area contributed by atoms with Crippen LogP contribution in [0.3, 0.4) is 0 Å². The zero-order valence-electron chi connectivity index (χ0n) is 12.2. The smallest absolute Gasteiger partial charge is 0.0460 e. The molecule has 1 atom stereocenters. The third kappa shape index (κ3) is 4.45. The first-order chi connectivity index (χ1) is 9.72. The van der Waals surface area contributed by atoms with E-state index in [0.29, 0.717) is 18.6 Å². The van der Waals surface area contributed by atoms with Crippen molar-refractivity contribution >= 4 is 11.6 Å². The standard InChI is InChI=1S/C16H25ClN2O/c1-18-16(14-3-2-4-15(17)11-14)7-10-19-8-5-13(12-20)6-9-19/h2-4,11,13,16,18,20H,5-10,12H2,1H3. The molecule has 0 bridgehead atoms. The molecular formula is C16H25ClN2O. The van der Waals surface area contributed by atoms with Crippen LogP contribution in [0.1, 0.15) is 30.9 Å². The van der Waals surface area contributed by atoms with E-state index >= 15 is 0 Å². The predicted octanol–water partition coefficient (Wildman–Crippen LogP) is 2.69. The van der Waals surface area contributed by atoms with Gasteiger partial charge < -0.3 is 15.3 Å². The Morgan fingerprint density at radius 1 is 1.40 bits per heavy atom. The van der Waals surface area contributed by atoms with E-state index in [1.54, 1.807) is 0 Å². The van der Waals surface area contributed by atoms with Crippen LogP contribution in [-0.4, -0.2) is 43.3 Å². The van der Waals surface area contributed by atoms with Crippen molar-refractivity contribution < 1.29 is 5.11 Å². The van der Waals surface area contributed by atoms with Crippen molar-refractivity contribution in [3.8, 4) is 0 Å². The van der Waals surface area contributed by atoms with Gasteiger partial charge in [-0.25, -0.2) is 0 Å². The van der Waals surface area contributed by atoms with E-state index in [2.05, 4.69) is 16.3 Å². The van der Waals surface area contributed by atoms with Crippen molar-refractivity contribution in [2.75, 3.05) is 33.3 Å². The summed E-state index contributed by atoms with van der Waals surface area (Å²) in [5.41, 5.74) is 1.25. The van der Waals surface area contributed by atoms with Crippen molar-refractivity contribution in [3.63, 3.8) is 0 Å². The molecular weight excluding hydrogens is 272 g/mol. The lowest BCUT2D eigenvalue weighted by Gasteiger charge is -2.32. The van der Waals surface area contributed by atoms with E-state index in [4.69, 9.17) is 16.7 Å². The number of nitrogens with zero attached hydrogens (tertiary/aromatic N) is 1. The van der Waals surface area contributed by atoms with Gasteiger partial charge in [-0.2, -0.15) is 0 Å². The number of nitrogens with one attached hydrogen (secondary N) is 1. The number of halogens is 1. The Morgan fingerprint density at radius 3 is 2.75 bits per heavy atom. The molecule has 1 aromatic carbocycles. The number of hydrogen-bond donors (Lipinski definition) is 2. The number of likely N-dealkylation sites (tertiary alicyclic amines) is 1. The Bertz CT molecular complexity index is 405. The Hall–Kier alpha value is -0.610. The molecule has 0 aromatic heterocycles. The highest BCUT2D eigenvalue weighted by atomic mass is 35.5. The Labute approximate surface area is 126 Å². The molecule has 1 unspecified atom stereocenters. The summed E-state index contributed by atoms with van der Waals surface area (Å²) in [5, 5.41) is 13.3. The molecule has 1 aliphatic heterocycles. The lowest BCUT2D eigenvalue weighted by molar-refractivity contribution is 0.128. The molecule has 112 valence electrons. The summed E-state index contributed by atoms with van der Waals surface area (Å²) < 4.78 is 0. The molecule has 0 radical (unpaired) electrons. The van der Waals surface area contributed by atoms with Gasteiger partial charge in [0.2, 0.25) is 0 Å². The number of hydrogen-bond acceptors (Lipinski definition) is 3. The molecule has 2 N–H and O–H groups in total. The average Bonchev–Trinajstić information content (AvgIpc) is 2.48. The molecule has 0 spiro atoms. The summed E-state index contributed by atoms with van der Waals surface area (Å²) in [5.74, 6) is 0.513. The van der Waals surface area contributed by atoms with Gasteiger partial charge in [-0.1, -0.05) is 23.7 Å². The molecule has 0 amide bonds. The highest BCUT2D eigenvalue weighted by molar-refractivity contribution is 6.30. The zero-order valence-corrected chi connectivity index (χ0v) is 12.9. The van der Waals surface area contributed by atoms with Crippen molar-refractivity contribution in [2.45, 2.75) is 25.3 Å². The maximum absolute atomic E-state index is 9.17. The van der Waals surface area contributed by atoms with E-state index in [-0.39, 0.29) is 0 Å². The predicted molar refractivity (Wildman–Crippen MR) is 84.1 cm³/mol. The lowest BCUT2D eigenvalue weighted by atomic mass is 9.97. The fraction of sp³-hybridized carbons (Fsp3) is 0.625. The van der Waals surface area contributed by atoms with E-state index < -0.39 is 0 Å². The molecule has 1 fully saturated rings. The SMILES string of the molecule is CNC(CCN1CCC(CO)CC1)c1cccc(Cl)c1. The van der Waals surface area contributed by atoms with Gasteiger partial charge in [0.05, 0.1) is 0 Å². The summed E-state index contributed by atoms with van der Waals surface area (Å²) in [6, 6.07) is 8.45. The van der Waals surface area contributed by atoms with Gasteiger partial charge in [0.25, 0.3) is 0 Å². The Balaban J connectivity index is 1.82. The monoisotopic (exact) mass is 296 g/mol. The molecule has 3 nitrogen and oxygen atoms in total. The minimum atomic E-state index is 0.343. The topological polar surface area (TPSA) is 35.5 Å². The fourth-order valence-corrected chi connectivity index (χ4v) is 3.10. The summed E-state index contributed by atoms with van der Waals surface area (Å²) in [6.07, 6.45) is 3.33.